The minimum absolute atomic E-state index is 0.741. The van der Waals surface area contributed by atoms with Crippen LogP contribution < -0.4 is 0 Å². The lowest BCUT2D eigenvalue weighted by Crippen LogP contribution is -2.09. The van der Waals surface area contributed by atoms with E-state index in [0.29, 0.717) is 0 Å². The SMILES string of the molecule is CCN(C)/N=C/c1cocn1. The van der Waals surface area contributed by atoms with Gasteiger partial charge in [-0.05, 0) is 6.92 Å². The molecule has 0 bridgehead atoms. The number of aromatic nitrogens is 1. The predicted molar refractivity (Wildman–Crippen MR) is 42.4 cm³/mol. The monoisotopic (exact) mass is 153 g/mol. The molecule has 11 heavy (non-hydrogen) atoms. The Morgan fingerprint density at radius 2 is 2.64 bits per heavy atom. The fraction of sp³-hybridized carbons (Fsp3) is 0.429. The van der Waals surface area contributed by atoms with E-state index in [1.54, 1.807) is 12.5 Å². The van der Waals surface area contributed by atoms with Gasteiger partial charge in [0, 0.05) is 13.6 Å². The first kappa shape index (κ1) is 7.78. The van der Waals surface area contributed by atoms with Gasteiger partial charge < -0.3 is 9.43 Å². The van der Waals surface area contributed by atoms with Crippen molar-refractivity contribution in [3.63, 3.8) is 0 Å². The van der Waals surface area contributed by atoms with E-state index in [9.17, 15) is 0 Å². The van der Waals surface area contributed by atoms with Crippen molar-refractivity contribution in [2.24, 2.45) is 5.10 Å². The summed E-state index contributed by atoms with van der Waals surface area (Å²) in [4.78, 5) is 3.88. The molecule has 0 fully saturated rings. The average Bonchev–Trinajstić information content (AvgIpc) is 2.52. The van der Waals surface area contributed by atoms with Crippen LogP contribution in [0.2, 0.25) is 0 Å². The minimum Gasteiger partial charge on any atom is -0.451 e. The molecule has 1 rings (SSSR count). The first-order chi connectivity index (χ1) is 5.33. The Balaban J connectivity index is 2.48. The number of hydrogen-bond acceptors (Lipinski definition) is 4. The lowest BCUT2D eigenvalue weighted by Gasteiger charge is -2.06. The maximum absolute atomic E-state index is 4.76. The normalized spacial score (nSPS) is 10.7. The van der Waals surface area contributed by atoms with Gasteiger partial charge in [-0.25, -0.2) is 4.98 Å². The summed E-state index contributed by atoms with van der Waals surface area (Å²) in [5.74, 6) is 0. The van der Waals surface area contributed by atoms with Crippen LogP contribution in [0.5, 0.6) is 0 Å². The zero-order valence-electron chi connectivity index (χ0n) is 6.69. The Labute approximate surface area is 65.5 Å². The van der Waals surface area contributed by atoms with Gasteiger partial charge in [0.2, 0.25) is 0 Å². The third kappa shape index (κ3) is 2.41. The van der Waals surface area contributed by atoms with Gasteiger partial charge in [-0.2, -0.15) is 5.10 Å². The first-order valence-electron chi connectivity index (χ1n) is 3.46. The van der Waals surface area contributed by atoms with Crippen molar-refractivity contribution in [3.05, 3.63) is 18.4 Å². The van der Waals surface area contributed by atoms with Gasteiger partial charge in [0.1, 0.15) is 12.0 Å². The molecular formula is C7H11N3O. The van der Waals surface area contributed by atoms with E-state index < -0.39 is 0 Å². The molecule has 0 saturated carbocycles. The summed E-state index contributed by atoms with van der Waals surface area (Å²) < 4.78 is 4.76. The van der Waals surface area contributed by atoms with E-state index in [1.807, 2.05) is 19.0 Å². The molecule has 0 aliphatic carbocycles. The zero-order chi connectivity index (χ0) is 8.10. The second-order valence-electron chi connectivity index (χ2n) is 2.13. The summed E-state index contributed by atoms with van der Waals surface area (Å²) in [5.41, 5.74) is 0.741. The third-order valence-electron chi connectivity index (χ3n) is 1.30. The molecule has 0 radical (unpaired) electrons. The molecule has 0 aliphatic rings. The largest absolute Gasteiger partial charge is 0.451 e. The van der Waals surface area contributed by atoms with Gasteiger partial charge in [-0.15, -0.1) is 0 Å². The van der Waals surface area contributed by atoms with E-state index >= 15 is 0 Å². The summed E-state index contributed by atoms with van der Waals surface area (Å²) in [6.07, 6.45) is 4.59. The van der Waals surface area contributed by atoms with Crippen LogP contribution in [0.15, 0.2) is 22.2 Å². The van der Waals surface area contributed by atoms with E-state index in [-0.39, 0.29) is 0 Å². The van der Waals surface area contributed by atoms with Gasteiger partial charge in [0.25, 0.3) is 0 Å². The molecule has 0 aromatic carbocycles. The third-order valence-corrected chi connectivity index (χ3v) is 1.30. The molecule has 60 valence electrons. The summed E-state index contributed by atoms with van der Waals surface area (Å²) in [7, 11) is 1.90. The molecule has 0 spiro atoms. The Bertz CT molecular complexity index is 218. The van der Waals surface area contributed by atoms with Crippen LogP contribution in [0, 0.1) is 0 Å². The number of nitrogens with zero attached hydrogens (tertiary/aromatic N) is 3. The number of oxazole rings is 1. The highest BCUT2D eigenvalue weighted by molar-refractivity contribution is 5.75. The van der Waals surface area contributed by atoms with Crippen LogP contribution in [-0.2, 0) is 0 Å². The van der Waals surface area contributed by atoms with Crippen molar-refractivity contribution in [2.45, 2.75) is 6.92 Å². The van der Waals surface area contributed by atoms with Crippen LogP contribution in [0.3, 0.4) is 0 Å². The highest BCUT2D eigenvalue weighted by atomic mass is 16.3. The molecule has 0 amide bonds. The molecule has 0 atom stereocenters. The van der Waals surface area contributed by atoms with Crippen LogP contribution >= 0.6 is 0 Å². The maximum atomic E-state index is 4.76. The zero-order valence-corrected chi connectivity index (χ0v) is 6.69. The molecule has 1 heterocycles. The second-order valence-corrected chi connectivity index (χ2v) is 2.13. The Hall–Kier alpha value is -1.32. The van der Waals surface area contributed by atoms with Crippen molar-refractivity contribution in [1.29, 1.82) is 0 Å². The van der Waals surface area contributed by atoms with Gasteiger partial charge in [0.05, 0.1) is 6.21 Å². The molecule has 0 unspecified atom stereocenters. The van der Waals surface area contributed by atoms with Crippen LogP contribution in [0.1, 0.15) is 12.6 Å². The number of hydrazone groups is 1. The second kappa shape index (κ2) is 3.75. The Kier molecular flexibility index (Phi) is 2.66. The van der Waals surface area contributed by atoms with E-state index in [4.69, 9.17) is 4.42 Å². The smallest absolute Gasteiger partial charge is 0.181 e. The first-order valence-corrected chi connectivity index (χ1v) is 3.46. The quantitative estimate of drug-likeness (QED) is 0.479. The topological polar surface area (TPSA) is 41.6 Å². The fourth-order valence-electron chi connectivity index (χ4n) is 0.525. The molecule has 4 heteroatoms. The number of hydrogen-bond donors (Lipinski definition) is 0. The van der Waals surface area contributed by atoms with Gasteiger partial charge >= 0.3 is 0 Å². The van der Waals surface area contributed by atoms with E-state index in [0.717, 1.165) is 12.2 Å². The maximum Gasteiger partial charge on any atom is 0.181 e. The van der Waals surface area contributed by atoms with Crippen LogP contribution in [0.4, 0.5) is 0 Å². The summed E-state index contributed by atoms with van der Waals surface area (Å²) in [6.45, 7) is 2.91. The highest BCUT2D eigenvalue weighted by Gasteiger charge is 1.89. The number of rotatable bonds is 3. The molecule has 1 aromatic rings. The average molecular weight is 153 g/mol. The molecule has 0 N–H and O–H groups in total. The summed E-state index contributed by atoms with van der Waals surface area (Å²) >= 11 is 0. The summed E-state index contributed by atoms with van der Waals surface area (Å²) in [6, 6.07) is 0. The van der Waals surface area contributed by atoms with Crippen molar-refractivity contribution < 1.29 is 4.42 Å². The van der Waals surface area contributed by atoms with Gasteiger partial charge in [0.15, 0.2) is 6.39 Å². The molecular weight excluding hydrogens is 142 g/mol. The van der Waals surface area contributed by atoms with E-state index in [1.165, 1.54) is 6.39 Å². The molecule has 1 aromatic heterocycles. The van der Waals surface area contributed by atoms with Crippen molar-refractivity contribution in [3.8, 4) is 0 Å². The standard InChI is InChI=1S/C7H11N3O/c1-3-10(2)9-4-7-5-11-6-8-7/h4-6H,3H2,1-2H3/b9-4+. The van der Waals surface area contributed by atoms with Gasteiger partial charge in [-0.3, -0.25) is 0 Å². The Morgan fingerprint density at radius 3 is 3.18 bits per heavy atom. The van der Waals surface area contributed by atoms with Crippen LogP contribution in [0.25, 0.3) is 0 Å². The lowest BCUT2D eigenvalue weighted by molar-refractivity contribution is 0.377. The van der Waals surface area contributed by atoms with E-state index in [2.05, 4.69) is 10.1 Å². The van der Waals surface area contributed by atoms with Crippen molar-refractivity contribution in [2.75, 3.05) is 13.6 Å². The molecule has 0 saturated heterocycles. The lowest BCUT2D eigenvalue weighted by atomic mass is 10.5. The van der Waals surface area contributed by atoms with Crippen LogP contribution in [-0.4, -0.2) is 29.8 Å². The molecule has 0 aliphatic heterocycles. The highest BCUT2D eigenvalue weighted by Crippen LogP contribution is 1.90. The summed E-state index contributed by atoms with van der Waals surface area (Å²) in [5, 5.41) is 5.89. The van der Waals surface area contributed by atoms with Crippen molar-refractivity contribution in [1.82, 2.24) is 9.99 Å². The Morgan fingerprint density at radius 1 is 1.82 bits per heavy atom. The van der Waals surface area contributed by atoms with Crippen molar-refractivity contribution >= 4 is 6.21 Å². The molecule has 4 nitrogen and oxygen atoms in total. The minimum atomic E-state index is 0.741. The predicted octanol–water partition coefficient (Wildman–Crippen LogP) is 0.960. The fourth-order valence-corrected chi connectivity index (χ4v) is 0.525. The van der Waals surface area contributed by atoms with Gasteiger partial charge in [-0.1, -0.05) is 0 Å².